The molecule has 0 bridgehead atoms. The van der Waals surface area contributed by atoms with E-state index in [2.05, 4.69) is 203 Å². The van der Waals surface area contributed by atoms with Crippen LogP contribution in [0.4, 0.5) is 0 Å². The molecular weight excluding hydrogens is 1420 g/mol. The van der Waals surface area contributed by atoms with Gasteiger partial charge >= 0.3 is 0 Å². The highest BCUT2D eigenvalue weighted by molar-refractivity contribution is 5.86. The van der Waals surface area contributed by atoms with Gasteiger partial charge in [0.25, 0.3) is 0 Å². The van der Waals surface area contributed by atoms with Gasteiger partial charge in [-0.3, -0.25) is 19.9 Å². The lowest BCUT2D eigenvalue weighted by atomic mass is 10.1. The average molecular weight is 1540 g/mol. The average Bonchev–Trinajstić information content (AvgIpc) is 1.86. The number of pyridine rings is 2. The number of nitrogens with one attached hydrogen (secondary N) is 5. The van der Waals surface area contributed by atoms with Crippen LogP contribution in [0.15, 0.2) is 257 Å². The van der Waals surface area contributed by atoms with E-state index in [-0.39, 0.29) is 0 Å². The van der Waals surface area contributed by atoms with Gasteiger partial charge in [-0.2, -0.15) is 10.2 Å². The summed E-state index contributed by atoms with van der Waals surface area (Å²) in [5.41, 5.74) is 47.1. The molecule has 0 aliphatic rings. The first-order valence-corrected chi connectivity index (χ1v) is 39.5. The highest BCUT2D eigenvalue weighted by Gasteiger charge is 2.04. The Hall–Kier alpha value is -12.0. The number of hydrogen-bond acceptors (Lipinski definition) is 19. The van der Waals surface area contributed by atoms with E-state index < -0.39 is 0 Å². The summed E-state index contributed by atoms with van der Waals surface area (Å²) in [5.74, 6) is 1.85. The Balaban J connectivity index is 0.000000196. The van der Waals surface area contributed by atoms with E-state index in [1.54, 1.807) is 43.6 Å². The number of nitrogens with two attached hydrogens (primary N) is 6. The van der Waals surface area contributed by atoms with Crippen molar-refractivity contribution in [1.29, 1.82) is 0 Å². The lowest BCUT2D eigenvalue weighted by molar-refractivity contribution is 0.815. The fourth-order valence-corrected chi connectivity index (χ4v) is 11.2. The fraction of sp³-hybridized carbons (Fsp3) is 0.300. The third-order valence-electron chi connectivity index (χ3n) is 16.7. The monoisotopic (exact) mass is 1530 g/mol. The molecule has 24 heteroatoms. The Morgan fingerprint density at radius 1 is 0.333 bits per heavy atom. The van der Waals surface area contributed by atoms with Crippen molar-refractivity contribution in [3.05, 3.63) is 320 Å². The molecule has 0 aliphatic heterocycles. The molecule has 0 unspecified atom stereocenters. The summed E-state index contributed by atoms with van der Waals surface area (Å²) in [6, 6.07) is 59.3. The second-order valence-electron chi connectivity index (χ2n) is 25.8. The lowest BCUT2D eigenvalue weighted by Crippen LogP contribution is -2.04. The summed E-state index contributed by atoms with van der Waals surface area (Å²) >= 11 is 0. The molecule has 5 aromatic carbocycles. The minimum absolute atomic E-state index is 0.639. The molecule has 0 aliphatic carbocycles. The Morgan fingerprint density at radius 2 is 0.965 bits per heavy atom. The van der Waals surface area contributed by atoms with Gasteiger partial charge in [-0.1, -0.05) is 163 Å². The minimum Gasteiger partial charge on any atom is -0.365 e. The normalized spacial score (nSPS) is 10.1. The third kappa shape index (κ3) is 35.5. The third-order valence-corrected chi connectivity index (χ3v) is 16.7. The van der Waals surface area contributed by atoms with Gasteiger partial charge in [0, 0.05) is 149 Å². The Morgan fingerprint density at radius 3 is 1.60 bits per heavy atom. The van der Waals surface area contributed by atoms with Crippen LogP contribution in [0.1, 0.15) is 130 Å². The zero-order valence-corrected chi connectivity index (χ0v) is 67.1. The van der Waals surface area contributed by atoms with Gasteiger partial charge in [-0.25, -0.2) is 34.9 Å². The van der Waals surface area contributed by atoms with Gasteiger partial charge in [0.1, 0.15) is 30.6 Å². The van der Waals surface area contributed by atoms with Crippen molar-refractivity contribution >= 4 is 54.4 Å². The van der Waals surface area contributed by atoms with Crippen LogP contribution >= 0.6 is 0 Å². The quantitative estimate of drug-likeness (QED) is 0.0300. The summed E-state index contributed by atoms with van der Waals surface area (Å²) in [5, 5.41) is 15.3. The molecule has 0 fully saturated rings. The summed E-state index contributed by atoms with van der Waals surface area (Å²) < 4.78 is 0. The van der Waals surface area contributed by atoms with Crippen molar-refractivity contribution in [2.45, 2.75) is 137 Å². The maximum Gasteiger partial charge on any atom is 0.131 e. The number of hydrogen-bond donors (Lipinski definition) is 11. The summed E-state index contributed by atoms with van der Waals surface area (Å²) in [7, 11) is 0. The number of aromatic nitrogens is 18. The van der Waals surface area contributed by atoms with E-state index in [1.807, 2.05) is 122 Å². The van der Waals surface area contributed by atoms with Crippen LogP contribution in [0.25, 0.3) is 54.4 Å². The molecule has 0 amide bonds. The molecule has 0 saturated heterocycles. The van der Waals surface area contributed by atoms with E-state index in [1.165, 1.54) is 73.3 Å². The van der Waals surface area contributed by atoms with Crippen LogP contribution in [-0.4, -0.2) is 129 Å². The predicted octanol–water partition coefficient (Wildman–Crippen LogP) is 14.9. The van der Waals surface area contributed by atoms with Crippen molar-refractivity contribution in [2.24, 2.45) is 34.4 Å². The summed E-state index contributed by atoms with van der Waals surface area (Å²) in [6.45, 7) is 14.8. The molecule has 24 nitrogen and oxygen atoms in total. The Kier molecular flexibility index (Phi) is 45.5. The maximum absolute atomic E-state index is 5.49. The Bertz CT molecular complexity index is 4610. The van der Waals surface area contributed by atoms with Crippen molar-refractivity contribution in [1.82, 2.24) is 89.9 Å². The topological polar surface area (TPSA) is 403 Å². The first-order valence-electron chi connectivity index (χ1n) is 39.5. The number of nitrogens with zero attached hydrogens (tertiary/aromatic N) is 13. The molecule has 0 atom stereocenters. The van der Waals surface area contributed by atoms with E-state index in [4.69, 9.17) is 34.4 Å². The molecular formula is C90H118N24. The zero-order valence-electron chi connectivity index (χ0n) is 67.1. The van der Waals surface area contributed by atoms with E-state index in [9.17, 15) is 0 Å². The first kappa shape index (κ1) is 90.9. The summed E-state index contributed by atoms with van der Waals surface area (Å²) in [6.07, 6.45) is 38.8. The number of fused-ring (bicyclic) bond motifs is 5. The molecule has 0 saturated carbocycles. The fourth-order valence-electron chi connectivity index (χ4n) is 11.2. The van der Waals surface area contributed by atoms with Crippen molar-refractivity contribution < 1.29 is 0 Å². The van der Waals surface area contributed by atoms with Crippen molar-refractivity contribution in [3.63, 3.8) is 0 Å². The first-order chi connectivity index (χ1) is 56.1. The van der Waals surface area contributed by atoms with E-state index in [0.717, 1.165) is 166 Å². The number of rotatable bonds is 22. The number of H-pyrrole nitrogens is 5. The van der Waals surface area contributed by atoms with Crippen molar-refractivity contribution in [2.75, 3.05) is 39.3 Å². The zero-order chi connectivity index (χ0) is 81.1. The minimum atomic E-state index is 0.639. The highest BCUT2D eigenvalue weighted by atomic mass is 15.1. The smallest absolute Gasteiger partial charge is 0.131 e. The van der Waals surface area contributed by atoms with Crippen LogP contribution in [0.2, 0.25) is 0 Å². The number of para-hydroxylation sites is 4. The van der Waals surface area contributed by atoms with Gasteiger partial charge in [-0.05, 0) is 173 Å². The molecule has 114 heavy (non-hydrogen) atoms. The van der Waals surface area contributed by atoms with Crippen LogP contribution in [0, 0.1) is 0 Å². The maximum atomic E-state index is 5.49. The second-order valence-corrected chi connectivity index (χ2v) is 25.8. The highest BCUT2D eigenvalue weighted by Crippen LogP contribution is 2.20. The lowest BCUT2D eigenvalue weighted by Gasteiger charge is -2.02. The van der Waals surface area contributed by atoms with Gasteiger partial charge < -0.3 is 59.3 Å². The predicted molar refractivity (Wildman–Crippen MR) is 468 cm³/mol. The molecule has 598 valence electrons. The SMILES string of the molecule is CCCc1cccnn1.CCCc1ccncn1.CCCc1cnccn1.CCCc1nccc2ccccc12.CCCc1ncncn1.NCCc1[nH]cc2ccccc12.NCCc1cc2ccccc2[nH]1.NCCc1ccc2ccccc2n1.NCCc1ccc[nH]1.NCCc1cnc[nH]1.NCCc1nc2ccccc2[nH]1. The molecule has 16 aromatic rings. The molecule has 0 spiro atoms. The van der Waals surface area contributed by atoms with E-state index >= 15 is 0 Å². The standard InChI is InChI=1S/C12H13N.C11H12N2.2C10H12N2.C9H11N3.3C7H10N2.C6H9N3.C6H10N2.C5H9N3/c1-2-5-12-11-7-4-3-6-10(11)8-9-13-12;12-8-7-10-6-5-9-3-1-2-4-11(9)13-10;11-6-5-9-7-8-3-1-2-4-10(8)12-9;11-6-5-10-9-4-2-1-3-8(9)7-12-10;10-6-5-9-11-7-3-1-2-4-8(7)12-9;1-2-4-7-5-3-6-8-9-7;1-2-3-7-6-8-4-5-9-7;1-2-3-7-4-5-8-6-9-7;1-2-3-6-8-4-7-5-9-6;7-4-3-6-2-1-5-8-6;6-2-1-5-3-7-4-8-5/h3-4,6-9H,2,5H2,1H3;1-6H,7-8,12H2;2*1-4,7,12H,5-6,11H2;1-4H,5-6,10H2,(H,11,12);3,5-6H,2,4H2,1H3;2*4-6H,2-3H2,1H3;4-5H,2-3H2,1H3;1-2,5,8H,3-4,7H2;3-4H,1-2,6H2,(H,7,8). The molecule has 0 radical (unpaired) electrons. The van der Waals surface area contributed by atoms with Crippen LogP contribution in [-0.2, 0) is 70.6 Å². The largest absolute Gasteiger partial charge is 0.365 e. The van der Waals surface area contributed by atoms with Gasteiger partial charge in [0.05, 0.1) is 34.3 Å². The molecule has 11 aromatic heterocycles. The van der Waals surface area contributed by atoms with Crippen LogP contribution < -0.4 is 34.4 Å². The summed E-state index contributed by atoms with van der Waals surface area (Å²) in [4.78, 5) is 60.4. The second kappa shape index (κ2) is 57.1. The van der Waals surface area contributed by atoms with Crippen molar-refractivity contribution in [3.8, 4) is 0 Å². The van der Waals surface area contributed by atoms with Crippen LogP contribution in [0.5, 0.6) is 0 Å². The van der Waals surface area contributed by atoms with Gasteiger partial charge in [-0.15, -0.1) is 0 Å². The van der Waals surface area contributed by atoms with E-state index in [0.29, 0.717) is 32.7 Å². The molecule has 16 rings (SSSR count). The van der Waals surface area contributed by atoms with Crippen LogP contribution in [0.3, 0.4) is 0 Å². The molecule has 11 heterocycles. The number of aromatic amines is 5. The number of imidazole rings is 2. The number of benzene rings is 5. The van der Waals surface area contributed by atoms with Gasteiger partial charge in [0.15, 0.2) is 0 Å². The van der Waals surface area contributed by atoms with Gasteiger partial charge in [0.2, 0.25) is 0 Å². The number of aryl methyl sites for hydroxylation is 5. The molecule has 17 N–H and O–H groups in total. The Labute approximate surface area is 671 Å².